The molecular weight excluding hydrogens is 135 g/mol. The third-order valence-corrected chi connectivity index (χ3v) is 1.24. The van der Waals surface area contributed by atoms with Crippen molar-refractivity contribution in [3.63, 3.8) is 0 Å². The van der Waals surface area contributed by atoms with Crippen molar-refractivity contribution in [2.24, 2.45) is 0 Å². The van der Waals surface area contributed by atoms with E-state index in [4.69, 9.17) is 4.55 Å². The number of furan rings is 1. The Morgan fingerprint density at radius 3 is 2.56 bits per heavy atom. The number of hydrogen-bond acceptors (Lipinski definition) is 2. The fourth-order valence-corrected chi connectivity index (χ4v) is 0.696. The van der Waals surface area contributed by atoms with Crippen LogP contribution in [0.25, 0.3) is 0 Å². The average molecular weight is 140 g/mol. The van der Waals surface area contributed by atoms with E-state index in [1.807, 2.05) is 0 Å². The SMILES string of the molecule is O=S(O)c1ccco1.[LiH]. The molecule has 3 nitrogen and oxygen atoms in total. The van der Waals surface area contributed by atoms with Crippen LogP contribution in [0.5, 0.6) is 0 Å². The molecule has 46 valence electrons. The van der Waals surface area contributed by atoms with Crippen molar-refractivity contribution in [3.8, 4) is 0 Å². The van der Waals surface area contributed by atoms with Crippen LogP contribution in [0.1, 0.15) is 0 Å². The van der Waals surface area contributed by atoms with Gasteiger partial charge in [0.25, 0.3) is 0 Å². The van der Waals surface area contributed by atoms with Crippen LogP contribution in [0, 0.1) is 0 Å². The van der Waals surface area contributed by atoms with Gasteiger partial charge in [-0.3, -0.25) is 4.55 Å². The Kier molecular flexibility index (Phi) is 3.90. The van der Waals surface area contributed by atoms with Crippen molar-refractivity contribution in [2.75, 3.05) is 0 Å². The van der Waals surface area contributed by atoms with E-state index in [9.17, 15) is 4.21 Å². The predicted molar refractivity (Wildman–Crippen MR) is 34.9 cm³/mol. The molecule has 9 heavy (non-hydrogen) atoms. The van der Waals surface area contributed by atoms with E-state index >= 15 is 0 Å². The van der Waals surface area contributed by atoms with Gasteiger partial charge < -0.3 is 4.42 Å². The second-order valence-corrected chi connectivity index (χ2v) is 2.08. The molecular formula is C4H5LiO3S. The monoisotopic (exact) mass is 140 g/mol. The molecule has 0 aliphatic carbocycles. The molecule has 0 spiro atoms. The summed E-state index contributed by atoms with van der Waals surface area (Å²) >= 11 is -1.96. The van der Waals surface area contributed by atoms with Crippen molar-refractivity contribution in [1.82, 2.24) is 0 Å². The van der Waals surface area contributed by atoms with Crippen LogP contribution in [0.15, 0.2) is 27.9 Å². The summed E-state index contributed by atoms with van der Waals surface area (Å²) in [4.78, 5) is 0. The first-order chi connectivity index (χ1) is 3.80. The molecule has 0 aromatic carbocycles. The summed E-state index contributed by atoms with van der Waals surface area (Å²) in [5.41, 5.74) is 0. The number of hydrogen-bond donors (Lipinski definition) is 1. The van der Waals surface area contributed by atoms with Crippen LogP contribution in [-0.4, -0.2) is 27.6 Å². The van der Waals surface area contributed by atoms with Crippen LogP contribution in [0.4, 0.5) is 0 Å². The molecule has 0 saturated heterocycles. The second-order valence-electron chi connectivity index (χ2n) is 1.18. The fourth-order valence-electron chi connectivity index (χ4n) is 0.363. The van der Waals surface area contributed by atoms with Gasteiger partial charge in [0, 0.05) is 0 Å². The predicted octanol–water partition coefficient (Wildman–Crippen LogP) is 0.212. The third kappa shape index (κ3) is 2.37. The van der Waals surface area contributed by atoms with E-state index in [0.717, 1.165) is 0 Å². The van der Waals surface area contributed by atoms with Gasteiger partial charge in [0.05, 0.1) is 6.26 Å². The van der Waals surface area contributed by atoms with E-state index in [2.05, 4.69) is 4.42 Å². The Bertz CT molecular complexity index is 184. The fraction of sp³-hybridized carbons (Fsp3) is 0. The molecule has 1 rings (SSSR count). The quantitative estimate of drug-likeness (QED) is 0.448. The van der Waals surface area contributed by atoms with Gasteiger partial charge in [0.1, 0.15) is 0 Å². The summed E-state index contributed by atoms with van der Waals surface area (Å²) in [7, 11) is 0. The van der Waals surface area contributed by atoms with Gasteiger partial charge in [0.2, 0.25) is 16.2 Å². The third-order valence-electron chi connectivity index (χ3n) is 0.667. The molecule has 1 heterocycles. The molecule has 1 aromatic heterocycles. The van der Waals surface area contributed by atoms with Crippen molar-refractivity contribution in [1.29, 1.82) is 0 Å². The summed E-state index contributed by atoms with van der Waals surface area (Å²) in [6, 6.07) is 3.00. The zero-order valence-electron chi connectivity index (χ0n) is 3.90. The molecule has 0 fully saturated rings. The van der Waals surface area contributed by atoms with Crippen LogP contribution in [-0.2, 0) is 11.1 Å². The van der Waals surface area contributed by atoms with E-state index in [0.29, 0.717) is 0 Å². The molecule has 0 aliphatic heterocycles. The second kappa shape index (κ2) is 3.91. The minimum absolute atomic E-state index is 0. The molecule has 1 atom stereocenters. The molecule has 1 unspecified atom stereocenters. The van der Waals surface area contributed by atoms with E-state index < -0.39 is 11.1 Å². The van der Waals surface area contributed by atoms with E-state index in [1.165, 1.54) is 12.3 Å². The molecule has 0 bridgehead atoms. The van der Waals surface area contributed by atoms with Crippen molar-refractivity contribution >= 4 is 29.9 Å². The molecule has 0 amide bonds. The molecule has 0 aliphatic rings. The summed E-state index contributed by atoms with van der Waals surface area (Å²) in [5, 5.41) is 0.0880. The van der Waals surface area contributed by atoms with Gasteiger partial charge in [-0.15, -0.1) is 0 Å². The van der Waals surface area contributed by atoms with Crippen molar-refractivity contribution in [2.45, 2.75) is 5.09 Å². The van der Waals surface area contributed by atoms with Crippen LogP contribution < -0.4 is 0 Å². The zero-order valence-corrected chi connectivity index (χ0v) is 4.72. The van der Waals surface area contributed by atoms with Crippen molar-refractivity contribution < 1.29 is 13.2 Å². The van der Waals surface area contributed by atoms with E-state index in [-0.39, 0.29) is 24.0 Å². The minimum atomic E-state index is -1.96. The van der Waals surface area contributed by atoms with Gasteiger partial charge in [-0.25, -0.2) is 4.21 Å². The van der Waals surface area contributed by atoms with Crippen LogP contribution in [0.2, 0.25) is 0 Å². The van der Waals surface area contributed by atoms with Gasteiger partial charge in [-0.05, 0) is 12.1 Å². The Morgan fingerprint density at radius 2 is 2.33 bits per heavy atom. The Balaban J connectivity index is 0.000000640. The number of rotatable bonds is 1. The molecule has 1 aromatic rings. The average Bonchev–Trinajstić information content (AvgIpc) is 2.12. The van der Waals surface area contributed by atoms with Crippen LogP contribution in [0.3, 0.4) is 0 Å². The summed E-state index contributed by atoms with van der Waals surface area (Å²) in [6.45, 7) is 0. The maximum absolute atomic E-state index is 10.1. The van der Waals surface area contributed by atoms with Crippen molar-refractivity contribution in [3.05, 3.63) is 18.4 Å². The molecule has 0 radical (unpaired) electrons. The molecule has 5 heteroatoms. The van der Waals surface area contributed by atoms with Gasteiger partial charge in [-0.2, -0.15) is 0 Å². The Morgan fingerprint density at radius 1 is 1.67 bits per heavy atom. The maximum atomic E-state index is 10.1. The molecule has 1 N–H and O–H groups in total. The zero-order chi connectivity index (χ0) is 5.98. The van der Waals surface area contributed by atoms with Gasteiger partial charge in [-0.1, -0.05) is 0 Å². The first-order valence-corrected chi connectivity index (χ1v) is 3.06. The Hall–Kier alpha value is -0.0126. The van der Waals surface area contributed by atoms with Gasteiger partial charge >= 0.3 is 18.9 Å². The standard InChI is InChI=1S/C4H4O3S.Li.H/c5-8(6)4-2-1-3-7-4;;/h1-3H,(H,5,6);;. The van der Waals surface area contributed by atoms with Crippen LogP contribution >= 0.6 is 0 Å². The summed E-state index contributed by atoms with van der Waals surface area (Å²) in [5.74, 6) is 0. The first kappa shape index (κ1) is 8.99. The normalized spacial score (nSPS) is 12.1. The molecule has 0 saturated carbocycles. The summed E-state index contributed by atoms with van der Waals surface area (Å²) < 4.78 is 22.9. The van der Waals surface area contributed by atoms with E-state index in [1.54, 1.807) is 6.07 Å². The topological polar surface area (TPSA) is 50.4 Å². The van der Waals surface area contributed by atoms with Gasteiger partial charge in [0.15, 0.2) is 0 Å². The summed E-state index contributed by atoms with van der Waals surface area (Å²) in [6.07, 6.45) is 1.35. The first-order valence-electron chi connectivity index (χ1n) is 1.95. The Labute approximate surface area is 66.9 Å².